The summed E-state index contributed by atoms with van der Waals surface area (Å²) in [5.41, 5.74) is 0. The van der Waals surface area contributed by atoms with Crippen molar-refractivity contribution in [3.63, 3.8) is 0 Å². The lowest BCUT2D eigenvalue weighted by molar-refractivity contribution is -0.172. The molecule has 4 atom stereocenters. The van der Waals surface area contributed by atoms with Crippen molar-refractivity contribution in [2.24, 2.45) is 0 Å². The summed E-state index contributed by atoms with van der Waals surface area (Å²) in [5, 5.41) is 2.84. The molecule has 0 radical (unpaired) electrons. The molecule has 0 rings (SSSR count). The summed E-state index contributed by atoms with van der Waals surface area (Å²) in [5.74, 6) is -2.92. The molecule has 1 amide bonds. The molecule has 0 saturated carbocycles. The van der Waals surface area contributed by atoms with Crippen LogP contribution in [-0.2, 0) is 42.9 Å². The molecule has 0 saturated heterocycles. The summed E-state index contributed by atoms with van der Waals surface area (Å²) in [6.07, 6.45) is 44.4. The molecular weight excluding hydrogens is 819 g/mol. The number of nitrogens with one attached hydrogen (secondary N) is 1. The van der Waals surface area contributed by atoms with Crippen molar-refractivity contribution in [3.05, 3.63) is 0 Å². The van der Waals surface area contributed by atoms with Crippen LogP contribution in [0.5, 0.6) is 0 Å². The van der Waals surface area contributed by atoms with Gasteiger partial charge in [0.1, 0.15) is 18.8 Å². The third-order valence-electron chi connectivity index (χ3n) is 12.7. The lowest BCUT2D eigenvalue weighted by Gasteiger charge is -2.33. The maximum atomic E-state index is 13.7. The smallest absolute Gasteiger partial charge is 0.303 e. The van der Waals surface area contributed by atoms with E-state index in [4.69, 9.17) is 18.9 Å². The van der Waals surface area contributed by atoms with E-state index in [0.717, 1.165) is 44.9 Å². The number of hydrogen-bond acceptors (Lipinski definition) is 9. The van der Waals surface area contributed by atoms with Gasteiger partial charge in [-0.15, -0.1) is 0 Å². The summed E-state index contributed by atoms with van der Waals surface area (Å²) < 4.78 is 22.2. The second kappa shape index (κ2) is 46.5. The fourth-order valence-corrected chi connectivity index (χ4v) is 8.91. The van der Waals surface area contributed by atoms with Crippen LogP contribution in [0.3, 0.4) is 0 Å². The van der Waals surface area contributed by atoms with Crippen LogP contribution in [0, 0.1) is 0 Å². The van der Waals surface area contributed by atoms with Gasteiger partial charge in [0.15, 0.2) is 12.2 Å². The number of ether oxygens (including phenoxy) is 4. The molecule has 10 heteroatoms. The highest BCUT2D eigenvalue weighted by Crippen LogP contribution is 2.21. The SMILES string of the molecule is CCCCCCCCCCCCCCCCCCCCCCCCCCC[C@H](OC(C)=O)C(=O)N[C@@H](COC(C)=O)[C@H](OC(C)=O)[C@@H](CCCCCCCCCCCCCC)OC(C)=O. The van der Waals surface area contributed by atoms with Gasteiger partial charge in [-0.1, -0.05) is 239 Å². The van der Waals surface area contributed by atoms with Gasteiger partial charge in [-0.2, -0.15) is 0 Å². The van der Waals surface area contributed by atoms with E-state index in [9.17, 15) is 24.0 Å². The highest BCUT2D eigenvalue weighted by molar-refractivity contribution is 5.83. The Labute approximate surface area is 399 Å². The van der Waals surface area contributed by atoms with E-state index >= 15 is 0 Å². The van der Waals surface area contributed by atoms with Gasteiger partial charge in [0, 0.05) is 27.7 Å². The molecule has 0 fully saturated rings. The predicted molar refractivity (Wildman–Crippen MR) is 267 cm³/mol. The van der Waals surface area contributed by atoms with E-state index in [1.54, 1.807) is 0 Å². The fraction of sp³-hybridized carbons (Fsp3) is 0.909. The fourth-order valence-electron chi connectivity index (χ4n) is 8.91. The number of rotatable bonds is 48. The van der Waals surface area contributed by atoms with Crippen LogP contribution in [0.1, 0.15) is 292 Å². The summed E-state index contributed by atoms with van der Waals surface area (Å²) in [6, 6.07) is -1.04. The number of hydrogen-bond donors (Lipinski definition) is 1. The Kier molecular flexibility index (Phi) is 44.6. The molecule has 65 heavy (non-hydrogen) atoms. The largest absolute Gasteiger partial charge is 0.464 e. The highest BCUT2D eigenvalue weighted by Gasteiger charge is 2.38. The summed E-state index contributed by atoms with van der Waals surface area (Å²) in [7, 11) is 0. The number of unbranched alkanes of at least 4 members (excludes halogenated alkanes) is 35. The van der Waals surface area contributed by atoms with Crippen LogP contribution in [0.25, 0.3) is 0 Å². The number of carbonyl (C=O) groups is 5. The minimum atomic E-state index is -1.13. The Hall–Kier alpha value is -2.65. The molecule has 0 bridgehead atoms. The molecular formula is C55H103NO9. The van der Waals surface area contributed by atoms with Crippen LogP contribution in [-0.4, -0.2) is 60.7 Å². The number of esters is 4. The normalized spacial score (nSPS) is 13.1. The molecule has 382 valence electrons. The van der Waals surface area contributed by atoms with Crippen molar-refractivity contribution in [1.82, 2.24) is 5.32 Å². The third kappa shape index (κ3) is 42.4. The monoisotopic (exact) mass is 922 g/mol. The quantitative estimate of drug-likeness (QED) is 0.0359. The minimum Gasteiger partial charge on any atom is -0.464 e. The lowest BCUT2D eigenvalue weighted by Crippen LogP contribution is -2.56. The van der Waals surface area contributed by atoms with Crippen LogP contribution in [0.2, 0.25) is 0 Å². The summed E-state index contributed by atoms with van der Waals surface area (Å²) in [6.45, 7) is 9.26. The van der Waals surface area contributed by atoms with Crippen LogP contribution >= 0.6 is 0 Å². The molecule has 0 aromatic carbocycles. The van der Waals surface area contributed by atoms with Crippen molar-refractivity contribution in [1.29, 1.82) is 0 Å². The first-order chi connectivity index (χ1) is 31.5. The van der Waals surface area contributed by atoms with E-state index in [0.29, 0.717) is 19.3 Å². The van der Waals surface area contributed by atoms with Crippen LogP contribution in [0.15, 0.2) is 0 Å². The van der Waals surface area contributed by atoms with Crippen molar-refractivity contribution in [3.8, 4) is 0 Å². The second-order valence-corrected chi connectivity index (χ2v) is 19.2. The highest BCUT2D eigenvalue weighted by atomic mass is 16.6. The molecule has 0 aliphatic carbocycles. The van der Waals surface area contributed by atoms with Crippen molar-refractivity contribution >= 4 is 29.8 Å². The zero-order valence-corrected chi connectivity index (χ0v) is 43.3. The van der Waals surface area contributed by atoms with Crippen molar-refractivity contribution in [2.45, 2.75) is 316 Å². The molecule has 1 N–H and O–H groups in total. The average molecular weight is 922 g/mol. The Morgan fingerprint density at radius 3 is 0.938 bits per heavy atom. The maximum Gasteiger partial charge on any atom is 0.303 e. The first-order valence-electron chi connectivity index (χ1n) is 27.5. The van der Waals surface area contributed by atoms with Gasteiger partial charge in [0.05, 0.1) is 0 Å². The molecule has 0 aliphatic heterocycles. The summed E-state index contributed by atoms with van der Waals surface area (Å²) in [4.78, 5) is 62.5. The Bertz CT molecular complexity index is 1150. The lowest BCUT2D eigenvalue weighted by atomic mass is 9.98. The van der Waals surface area contributed by atoms with Gasteiger partial charge in [-0.25, -0.2) is 0 Å². The zero-order valence-electron chi connectivity index (χ0n) is 43.3. The number of carbonyl (C=O) groups excluding carboxylic acids is 5. The minimum absolute atomic E-state index is 0.318. The maximum absolute atomic E-state index is 13.7. The zero-order chi connectivity index (χ0) is 48.0. The topological polar surface area (TPSA) is 134 Å². The van der Waals surface area contributed by atoms with E-state index in [1.165, 1.54) is 214 Å². The molecule has 0 spiro atoms. The third-order valence-corrected chi connectivity index (χ3v) is 12.7. The van der Waals surface area contributed by atoms with Crippen LogP contribution < -0.4 is 5.32 Å². The van der Waals surface area contributed by atoms with Gasteiger partial charge in [0.25, 0.3) is 5.91 Å². The molecule has 0 unspecified atom stereocenters. The molecule has 0 aromatic heterocycles. The molecule has 0 heterocycles. The van der Waals surface area contributed by atoms with Gasteiger partial charge in [0.2, 0.25) is 0 Å². The molecule has 10 nitrogen and oxygen atoms in total. The predicted octanol–water partition coefficient (Wildman–Crippen LogP) is 15.1. The second-order valence-electron chi connectivity index (χ2n) is 19.2. The number of amides is 1. The van der Waals surface area contributed by atoms with E-state index in [2.05, 4.69) is 19.2 Å². The Morgan fingerprint density at radius 2 is 0.646 bits per heavy atom. The first kappa shape index (κ1) is 62.4. The van der Waals surface area contributed by atoms with Gasteiger partial charge >= 0.3 is 23.9 Å². The average Bonchev–Trinajstić information content (AvgIpc) is 3.26. The Balaban J connectivity index is 4.67. The molecule has 0 aliphatic rings. The standard InChI is InChI=1S/C55H103NO9/c1-7-9-11-13-15-17-19-21-22-23-24-25-26-27-28-29-30-31-32-33-35-37-39-41-43-45-53(64-49(5)59)55(61)56-51(46-62-47(3)57)54(65-50(6)60)52(63-48(4)58)44-42-40-38-36-34-20-18-16-14-12-10-8-2/h51-54H,7-46H2,1-6H3,(H,56,61)/t51-,52+,53-,54-/m0/s1. The molecule has 0 aromatic rings. The van der Waals surface area contributed by atoms with Crippen molar-refractivity contribution < 1.29 is 42.9 Å². The Morgan fingerprint density at radius 1 is 0.354 bits per heavy atom. The van der Waals surface area contributed by atoms with Gasteiger partial charge in [-0.3, -0.25) is 24.0 Å². The first-order valence-corrected chi connectivity index (χ1v) is 27.5. The van der Waals surface area contributed by atoms with Gasteiger partial charge < -0.3 is 24.3 Å². The van der Waals surface area contributed by atoms with Crippen LogP contribution in [0.4, 0.5) is 0 Å². The summed E-state index contributed by atoms with van der Waals surface area (Å²) >= 11 is 0. The van der Waals surface area contributed by atoms with E-state index in [-0.39, 0.29) is 6.61 Å². The van der Waals surface area contributed by atoms with Gasteiger partial charge in [-0.05, 0) is 25.7 Å². The van der Waals surface area contributed by atoms with E-state index in [1.807, 2.05) is 0 Å². The van der Waals surface area contributed by atoms with Crippen molar-refractivity contribution in [2.75, 3.05) is 6.61 Å². The van der Waals surface area contributed by atoms with E-state index < -0.39 is 54.1 Å².